The molecule has 1 aliphatic carbocycles. The molecule has 1 aliphatic rings. The van der Waals surface area contributed by atoms with Crippen LogP contribution in [-0.2, 0) is 6.54 Å². The monoisotopic (exact) mass is 262 g/mol. The lowest BCUT2D eigenvalue weighted by atomic mass is 9.80. The number of nitrogens with zero attached hydrogens (tertiary/aromatic N) is 1. The lowest BCUT2D eigenvalue weighted by Gasteiger charge is -2.32. The molecule has 1 fully saturated rings. The van der Waals surface area contributed by atoms with Crippen LogP contribution in [0.3, 0.4) is 0 Å². The van der Waals surface area contributed by atoms with E-state index in [4.69, 9.17) is 4.74 Å². The Hall–Kier alpha value is -1.09. The number of pyridine rings is 1. The molecule has 2 rings (SSSR count). The van der Waals surface area contributed by atoms with Crippen LogP contribution in [0.5, 0.6) is 5.75 Å². The second kappa shape index (κ2) is 6.90. The third-order valence-corrected chi connectivity index (χ3v) is 4.27. The van der Waals surface area contributed by atoms with Gasteiger partial charge in [0.2, 0.25) is 0 Å². The van der Waals surface area contributed by atoms with E-state index in [1.165, 1.54) is 19.3 Å². The molecule has 1 saturated carbocycles. The standard InChI is InChI=1S/C16H26N2O/c1-4-17-10-14-11-18-8-7-16(14)19-15-6-5-12(2)13(3)9-15/h7-8,11-13,15,17H,4-6,9-10H2,1-3H3. The van der Waals surface area contributed by atoms with Crippen LogP contribution in [0.15, 0.2) is 18.5 Å². The molecular weight excluding hydrogens is 236 g/mol. The van der Waals surface area contributed by atoms with E-state index in [0.29, 0.717) is 6.10 Å². The molecular formula is C16H26N2O. The summed E-state index contributed by atoms with van der Waals surface area (Å²) < 4.78 is 6.22. The zero-order chi connectivity index (χ0) is 13.7. The number of aromatic nitrogens is 1. The zero-order valence-corrected chi connectivity index (χ0v) is 12.4. The molecule has 1 N–H and O–H groups in total. The van der Waals surface area contributed by atoms with Crippen molar-refractivity contribution in [1.82, 2.24) is 10.3 Å². The van der Waals surface area contributed by atoms with E-state index < -0.39 is 0 Å². The molecule has 0 bridgehead atoms. The van der Waals surface area contributed by atoms with Gasteiger partial charge in [-0.05, 0) is 43.7 Å². The fraction of sp³-hybridized carbons (Fsp3) is 0.688. The van der Waals surface area contributed by atoms with E-state index >= 15 is 0 Å². The van der Waals surface area contributed by atoms with Crippen molar-refractivity contribution >= 4 is 0 Å². The lowest BCUT2D eigenvalue weighted by molar-refractivity contribution is 0.0995. The zero-order valence-electron chi connectivity index (χ0n) is 12.4. The number of nitrogens with one attached hydrogen (secondary N) is 1. The van der Waals surface area contributed by atoms with Crippen LogP contribution in [0.25, 0.3) is 0 Å². The molecule has 19 heavy (non-hydrogen) atoms. The summed E-state index contributed by atoms with van der Waals surface area (Å²) in [4.78, 5) is 4.20. The minimum absolute atomic E-state index is 0.369. The van der Waals surface area contributed by atoms with Crippen molar-refractivity contribution in [2.24, 2.45) is 11.8 Å². The Morgan fingerprint density at radius 2 is 2.16 bits per heavy atom. The Balaban J connectivity index is 1.98. The van der Waals surface area contributed by atoms with Gasteiger partial charge in [0.15, 0.2) is 0 Å². The fourth-order valence-electron chi connectivity index (χ4n) is 2.71. The summed E-state index contributed by atoms with van der Waals surface area (Å²) in [6, 6.07) is 2.00. The Labute approximate surface area is 116 Å². The Kier molecular flexibility index (Phi) is 5.20. The van der Waals surface area contributed by atoms with E-state index in [2.05, 4.69) is 31.1 Å². The molecule has 0 spiro atoms. The van der Waals surface area contributed by atoms with Crippen molar-refractivity contribution in [3.8, 4) is 5.75 Å². The van der Waals surface area contributed by atoms with Crippen molar-refractivity contribution in [2.45, 2.75) is 52.7 Å². The second-order valence-electron chi connectivity index (χ2n) is 5.77. The van der Waals surface area contributed by atoms with Gasteiger partial charge < -0.3 is 10.1 Å². The first-order chi connectivity index (χ1) is 9.20. The molecule has 3 heteroatoms. The highest BCUT2D eigenvalue weighted by Crippen LogP contribution is 2.32. The smallest absolute Gasteiger partial charge is 0.127 e. The van der Waals surface area contributed by atoms with Gasteiger partial charge in [-0.2, -0.15) is 0 Å². The summed E-state index contributed by atoms with van der Waals surface area (Å²) >= 11 is 0. The van der Waals surface area contributed by atoms with Crippen molar-refractivity contribution < 1.29 is 4.74 Å². The van der Waals surface area contributed by atoms with Gasteiger partial charge >= 0.3 is 0 Å². The van der Waals surface area contributed by atoms with Crippen molar-refractivity contribution in [2.75, 3.05) is 6.54 Å². The summed E-state index contributed by atoms with van der Waals surface area (Å²) in [6.45, 7) is 8.60. The van der Waals surface area contributed by atoms with Crippen LogP contribution in [0.4, 0.5) is 0 Å². The van der Waals surface area contributed by atoms with E-state index in [9.17, 15) is 0 Å². The first-order valence-corrected chi connectivity index (χ1v) is 7.51. The molecule has 1 heterocycles. The molecule has 1 aromatic heterocycles. The van der Waals surface area contributed by atoms with Crippen LogP contribution in [0.1, 0.15) is 45.6 Å². The topological polar surface area (TPSA) is 34.2 Å². The first kappa shape index (κ1) is 14.3. The third-order valence-electron chi connectivity index (χ3n) is 4.27. The number of ether oxygens (including phenoxy) is 1. The average Bonchev–Trinajstić information content (AvgIpc) is 2.42. The largest absolute Gasteiger partial charge is 0.490 e. The summed E-state index contributed by atoms with van der Waals surface area (Å²) in [7, 11) is 0. The van der Waals surface area contributed by atoms with Crippen LogP contribution in [0, 0.1) is 11.8 Å². The predicted octanol–water partition coefficient (Wildman–Crippen LogP) is 3.39. The second-order valence-corrected chi connectivity index (χ2v) is 5.77. The summed E-state index contributed by atoms with van der Waals surface area (Å²) in [5, 5.41) is 3.34. The Morgan fingerprint density at radius 1 is 1.32 bits per heavy atom. The summed E-state index contributed by atoms with van der Waals surface area (Å²) in [5.41, 5.74) is 1.16. The molecule has 3 nitrogen and oxygen atoms in total. The fourth-order valence-corrected chi connectivity index (χ4v) is 2.71. The molecule has 1 aromatic rings. The van der Waals surface area contributed by atoms with Gasteiger partial charge in [0.1, 0.15) is 5.75 Å². The van der Waals surface area contributed by atoms with Crippen LogP contribution in [0.2, 0.25) is 0 Å². The highest BCUT2D eigenvalue weighted by molar-refractivity contribution is 5.30. The van der Waals surface area contributed by atoms with E-state index in [-0.39, 0.29) is 0 Å². The van der Waals surface area contributed by atoms with E-state index in [1.54, 1.807) is 0 Å². The quantitative estimate of drug-likeness (QED) is 0.883. The normalized spacial score (nSPS) is 27.2. The van der Waals surface area contributed by atoms with Gasteiger partial charge in [-0.3, -0.25) is 4.98 Å². The lowest BCUT2D eigenvalue weighted by Crippen LogP contribution is -2.29. The predicted molar refractivity (Wildman–Crippen MR) is 78.2 cm³/mol. The third kappa shape index (κ3) is 3.93. The first-order valence-electron chi connectivity index (χ1n) is 7.51. The molecule has 3 atom stereocenters. The minimum atomic E-state index is 0.369. The van der Waals surface area contributed by atoms with Gasteiger partial charge in [0.05, 0.1) is 6.10 Å². The number of hydrogen-bond acceptors (Lipinski definition) is 3. The molecule has 0 aliphatic heterocycles. The highest BCUT2D eigenvalue weighted by atomic mass is 16.5. The average molecular weight is 262 g/mol. The Bertz CT molecular complexity index is 394. The van der Waals surface area contributed by atoms with Crippen molar-refractivity contribution in [3.63, 3.8) is 0 Å². The minimum Gasteiger partial charge on any atom is -0.490 e. The molecule has 0 radical (unpaired) electrons. The van der Waals surface area contributed by atoms with Crippen LogP contribution in [-0.4, -0.2) is 17.6 Å². The van der Waals surface area contributed by atoms with Gasteiger partial charge in [-0.25, -0.2) is 0 Å². The summed E-state index contributed by atoms with van der Waals surface area (Å²) in [6.07, 6.45) is 7.72. The maximum absolute atomic E-state index is 6.22. The maximum Gasteiger partial charge on any atom is 0.127 e. The van der Waals surface area contributed by atoms with Gasteiger partial charge in [-0.15, -0.1) is 0 Å². The Morgan fingerprint density at radius 3 is 2.89 bits per heavy atom. The molecule has 0 amide bonds. The van der Waals surface area contributed by atoms with Crippen LogP contribution < -0.4 is 10.1 Å². The SMILES string of the molecule is CCNCc1cnccc1OC1CCC(C)C(C)C1. The van der Waals surface area contributed by atoms with Crippen molar-refractivity contribution in [1.29, 1.82) is 0 Å². The molecule has 0 aromatic carbocycles. The van der Waals surface area contributed by atoms with Crippen LogP contribution >= 0.6 is 0 Å². The molecule has 0 saturated heterocycles. The highest BCUT2D eigenvalue weighted by Gasteiger charge is 2.26. The van der Waals surface area contributed by atoms with E-state index in [0.717, 1.165) is 36.2 Å². The number of rotatable bonds is 5. The number of hydrogen-bond donors (Lipinski definition) is 1. The molecule has 3 unspecified atom stereocenters. The summed E-state index contributed by atoms with van der Waals surface area (Å²) in [5.74, 6) is 2.60. The van der Waals surface area contributed by atoms with Gasteiger partial charge in [0.25, 0.3) is 0 Å². The maximum atomic E-state index is 6.22. The molecule has 106 valence electrons. The van der Waals surface area contributed by atoms with Gasteiger partial charge in [0, 0.05) is 24.5 Å². The van der Waals surface area contributed by atoms with Gasteiger partial charge in [-0.1, -0.05) is 20.8 Å². The van der Waals surface area contributed by atoms with Crippen molar-refractivity contribution in [3.05, 3.63) is 24.0 Å². The van der Waals surface area contributed by atoms with E-state index in [1.807, 2.05) is 18.5 Å².